The van der Waals surface area contributed by atoms with Crippen LogP contribution in [0.15, 0.2) is 24.3 Å². The fraction of sp³-hybridized carbons (Fsp3) is 0.417. The normalized spacial score (nSPS) is 16.0. The van der Waals surface area contributed by atoms with Crippen LogP contribution in [-0.2, 0) is 6.42 Å². The molecule has 1 amide bonds. The molecule has 4 nitrogen and oxygen atoms in total. The zero-order chi connectivity index (χ0) is 11.5. The van der Waals surface area contributed by atoms with E-state index in [-0.39, 0.29) is 12.0 Å². The first-order chi connectivity index (χ1) is 7.72. The van der Waals surface area contributed by atoms with Gasteiger partial charge in [0.2, 0.25) is 0 Å². The summed E-state index contributed by atoms with van der Waals surface area (Å²) in [5.74, 6) is -0.00523. The minimum atomic E-state index is -0.356. The minimum absolute atomic E-state index is 0.00523. The summed E-state index contributed by atoms with van der Waals surface area (Å²) in [4.78, 5) is 13.7. The fourth-order valence-corrected chi connectivity index (χ4v) is 1.89. The number of aliphatic hydroxyl groups excluding tert-OH is 1. The molecule has 0 aliphatic carbocycles. The first-order valence-corrected chi connectivity index (χ1v) is 5.47. The zero-order valence-electron chi connectivity index (χ0n) is 9.10. The van der Waals surface area contributed by atoms with Gasteiger partial charge in [0.25, 0.3) is 5.91 Å². The summed E-state index contributed by atoms with van der Waals surface area (Å²) >= 11 is 0. The summed E-state index contributed by atoms with van der Waals surface area (Å²) in [5, 5.41) is 9.17. The van der Waals surface area contributed by atoms with E-state index in [4.69, 9.17) is 5.73 Å². The topological polar surface area (TPSA) is 66.6 Å². The maximum Gasteiger partial charge on any atom is 0.254 e. The number of hydrogen-bond acceptors (Lipinski definition) is 3. The summed E-state index contributed by atoms with van der Waals surface area (Å²) in [5.41, 5.74) is 7.20. The van der Waals surface area contributed by atoms with E-state index in [0.29, 0.717) is 31.6 Å². The highest BCUT2D eigenvalue weighted by atomic mass is 16.3. The van der Waals surface area contributed by atoms with Gasteiger partial charge >= 0.3 is 0 Å². The SMILES string of the molecule is NCCc1ccccc1C(=O)N1CC(O)C1. The van der Waals surface area contributed by atoms with E-state index in [9.17, 15) is 9.90 Å². The number of rotatable bonds is 3. The molecule has 1 aliphatic heterocycles. The second-order valence-corrected chi connectivity index (χ2v) is 4.06. The number of β-amino-alcohol motifs (C(OH)–C–C–N with tert-alkyl or cyclic N) is 1. The van der Waals surface area contributed by atoms with Crippen molar-refractivity contribution in [2.45, 2.75) is 12.5 Å². The second-order valence-electron chi connectivity index (χ2n) is 4.06. The average molecular weight is 220 g/mol. The average Bonchev–Trinajstić information content (AvgIpc) is 2.25. The smallest absolute Gasteiger partial charge is 0.254 e. The van der Waals surface area contributed by atoms with Crippen LogP contribution in [0.3, 0.4) is 0 Å². The Labute approximate surface area is 94.7 Å². The number of benzene rings is 1. The summed E-state index contributed by atoms with van der Waals surface area (Å²) < 4.78 is 0. The second kappa shape index (κ2) is 4.63. The zero-order valence-corrected chi connectivity index (χ0v) is 9.10. The molecule has 1 aromatic rings. The van der Waals surface area contributed by atoms with E-state index in [2.05, 4.69) is 0 Å². The van der Waals surface area contributed by atoms with Crippen LogP contribution in [0.4, 0.5) is 0 Å². The van der Waals surface area contributed by atoms with Gasteiger partial charge in [0.15, 0.2) is 0 Å². The quantitative estimate of drug-likeness (QED) is 0.753. The number of nitrogens with zero attached hydrogens (tertiary/aromatic N) is 1. The standard InChI is InChI=1S/C12H16N2O2/c13-6-5-9-3-1-2-4-11(9)12(16)14-7-10(15)8-14/h1-4,10,15H,5-8,13H2. The van der Waals surface area contributed by atoms with Crippen LogP contribution in [0.25, 0.3) is 0 Å². The minimum Gasteiger partial charge on any atom is -0.389 e. The van der Waals surface area contributed by atoms with Crippen LogP contribution in [0.2, 0.25) is 0 Å². The van der Waals surface area contributed by atoms with E-state index >= 15 is 0 Å². The van der Waals surface area contributed by atoms with Crippen molar-refractivity contribution in [2.24, 2.45) is 5.73 Å². The molecule has 0 saturated carbocycles. The molecule has 0 radical (unpaired) electrons. The number of aliphatic hydroxyl groups is 1. The number of nitrogens with two attached hydrogens (primary N) is 1. The number of likely N-dealkylation sites (tertiary alicyclic amines) is 1. The van der Waals surface area contributed by atoms with Crippen molar-refractivity contribution in [3.63, 3.8) is 0 Å². The van der Waals surface area contributed by atoms with E-state index in [1.807, 2.05) is 24.3 Å². The first kappa shape index (κ1) is 11.1. The van der Waals surface area contributed by atoms with Gasteiger partial charge < -0.3 is 15.7 Å². The molecule has 1 aromatic carbocycles. The van der Waals surface area contributed by atoms with Crippen molar-refractivity contribution in [3.8, 4) is 0 Å². The highest BCUT2D eigenvalue weighted by molar-refractivity contribution is 5.96. The summed E-state index contributed by atoms with van der Waals surface area (Å²) in [6, 6.07) is 7.50. The lowest BCUT2D eigenvalue weighted by Gasteiger charge is -2.36. The van der Waals surface area contributed by atoms with E-state index < -0.39 is 0 Å². The predicted octanol–water partition coefficient (Wildman–Crippen LogP) is 0.00450. The molecule has 0 bridgehead atoms. The van der Waals surface area contributed by atoms with Gasteiger partial charge in [0.1, 0.15) is 0 Å². The van der Waals surface area contributed by atoms with Gasteiger partial charge in [-0.15, -0.1) is 0 Å². The molecule has 16 heavy (non-hydrogen) atoms. The molecule has 1 aliphatic rings. The number of carbonyl (C=O) groups is 1. The van der Waals surface area contributed by atoms with E-state index in [1.54, 1.807) is 4.90 Å². The molecule has 1 saturated heterocycles. The van der Waals surface area contributed by atoms with E-state index in [1.165, 1.54) is 0 Å². The maximum atomic E-state index is 12.0. The van der Waals surface area contributed by atoms with Gasteiger partial charge in [-0.05, 0) is 24.6 Å². The molecule has 0 atom stereocenters. The molecule has 2 rings (SSSR count). The van der Waals surface area contributed by atoms with Gasteiger partial charge in [0.05, 0.1) is 6.10 Å². The molecule has 4 heteroatoms. The van der Waals surface area contributed by atoms with Gasteiger partial charge in [-0.25, -0.2) is 0 Å². The van der Waals surface area contributed by atoms with Crippen molar-refractivity contribution in [1.29, 1.82) is 0 Å². The molecule has 0 spiro atoms. The molecule has 0 unspecified atom stereocenters. The number of hydrogen-bond donors (Lipinski definition) is 2. The third-order valence-electron chi connectivity index (χ3n) is 2.81. The van der Waals surface area contributed by atoms with Crippen molar-refractivity contribution < 1.29 is 9.90 Å². The Hall–Kier alpha value is -1.39. The highest BCUT2D eigenvalue weighted by Gasteiger charge is 2.30. The molecule has 86 valence electrons. The Bertz CT molecular complexity index is 386. The number of carbonyl (C=O) groups excluding carboxylic acids is 1. The van der Waals surface area contributed by atoms with Crippen LogP contribution in [0.1, 0.15) is 15.9 Å². The highest BCUT2D eigenvalue weighted by Crippen LogP contribution is 2.16. The van der Waals surface area contributed by atoms with Crippen molar-refractivity contribution in [3.05, 3.63) is 35.4 Å². The lowest BCUT2D eigenvalue weighted by Crippen LogP contribution is -2.53. The maximum absolute atomic E-state index is 12.0. The summed E-state index contributed by atoms with van der Waals surface area (Å²) in [6.45, 7) is 1.42. The first-order valence-electron chi connectivity index (χ1n) is 5.47. The van der Waals surface area contributed by atoms with Crippen LogP contribution >= 0.6 is 0 Å². The van der Waals surface area contributed by atoms with Gasteiger partial charge in [-0.1, -0.05) is 18.2 Å². The van der Waals surface area contributed by atoms with Gasteiger partial charge in [0, 0.05) is 18.7 Å². The van der Waals surface area contributed by atoms with Gasteiger partial charge in [-0.3, -0.25) is 4.79 Å². The van der Waals surface area contributed by atoms with Crippen molar-refractivity contribution in [1.82, 2.24) is 4.90 Å². The van der Waals surface area contributed by atoms with Crippen molar-refractivity contribution >= 4 is 5.91 Å². The lowest BCUT2D eigenvalue weighted by atomic mass is 10.0. The van der Waals surface area contributed by atoms with Crippen LogP contribution in [0.5, 0.6) is 0 Å². The fourth-order valence-electron chi connectivity index (χ4n) is 1.89. The molecule has 1 fully saturated rings. The lowest BCUT2D eigenvalue weighted by molar-refractivity contribution is 0.00582. The third kappa shape index (κ3) is 2.08. The molecule has 3 N–H and O–H groups in total. The number of amides is 1. The Morgan fingerprint density at radius 2 is 2.12 bits per heavy atom. The Balaban J connectivity index is 2.16. The summed E-state index contributed by atoms with van der Waals surface area (Å²) in [7, 11) is 0. The van der Waals surface area contributed by atoms with Crippen molar-refractivity contribution in [2.75, 3.05) is 19.6 Å². The molecule has 0 aromatic heterocycles. The third-order valence-corrected chi connectivity index (χ3v) is 2.81. The largest absolute Gasteiger partial charge is 0.389 e. The Morgan fingerprint density at radius 1 is 1.44 bits per heavy atom. The molecular weight excluding hydrogens is 204 g/mol. The Morgan fingerprint density at radius 3 is 2.75 bits per heavy atom. The predicted molar refractivity (Wildman–Crippen MR) is 61.1 cm³/mol. The molecule has 1 heterocycles. The Kier molecular flexibility index (Phi) is 3.22. The summed E-state index contributed by atoms with van der Waals surface area (Å²) in [6.07, 6.45) is 0.351. The van der Waals surface area contributed by atoms with Crippen LogP contribution in [0, 0.1) is 0 Å². The van der Waals surface area contributed by atoms with Crippen LogP contribution < -0.4 is 5.73 Å². The molecular formula is C12H16N2O2. The monoisotopic (exact) mass is 220 g/mol. The van der Waals surface area contributed by atoms with Crippen LogP contribution in [-0.4, -0.2) is 41.7 Å². The van der Waals surface area contributed by atoms with E-state index in [0.717, 1.165) is 5.56 Å². The van der Waals surface area contributed by atoms with Gasteiger partial charge in [-0.2, -0.15) is 0 Å².